The summed E-state index contributed by atoms with van der Waals surface area (Å²) >= 11 is 0. The lowest BCUT2D eigenvalue weighted by molar-refractivity contribution is 0.384. The molecule has 0 aromatic heterocycles. The standard InChI is InChI=1S/C18H21F2N/c1-3-18(13-21-2,15-7-5-4-6-8-15)12-14-9-10-16(19)11-17(14)20/h4-11,21H,3,12-13H2,1-2H3. The molecule has 0 amide bonds. The Hall–Kier alpha value is -1.74. The highest BCUT2D eigenvalue weighted by molar-refractivity contribution is 5.31. The van der Waals surface area contributed by atoms with Crippen LogP contribution in [-0.2, 0) is 11.8 Å². The summed E-state index contributed by atoms with van der Waals surface area (Å²) in [5.41, 5.74) is 1.53. The van der Waals surface area contributed by atoms with E-state index < -0.39 is 11.6 Å². The molecular formula is C18H21F2N. The minimum absolute atomic E-state index is 0.200. The third kappa shape index (κ3) is 3.48. The lowest BCUT2D eigenvalue weighted by atomic mass is 9.73. The molecule has 0 saturated heterocycles. The third-order valence-corrected chi connectivity index (χ3v) is 4.12. The van der Waals surface area contributed by atoms with E-state index in [0.717, 1.165) is 19.0 Å². The predicted molar refractivity (Wildman–Crippen MR) is 82.4 cm³/mol. The van der Waals surface area contributed by atoms with Gasteiger partial charge in [0, 0.05) is 18.0 Å². The van der Waals surface area contributed by atoms with Crippen molar-refractivity contribution in [3.63, 3.8) is 0 Å². The van der Waals surface area contributed by atoms with Gasteiger partial charge in [0.1, 0.15) is 11.6 Å². The first-order valence-electron chi connectivity index (χ1n) is 7.25. The minimum Gasteiger partial charge on any atom is -0.319 e. The van der Waals surface area contributed by atoms with E-state index in [-0.39, 0.29) is 5.41 Å². The van der Waals surface area contributed by atoms with Crippen molar-refractivity contribution in [2.75, 3.05) is 13.6 Å². The summed E-state index contributed by atoms with van der Waals surface area (Å²) in [6, 6.07) is 13.9. The molecule has 112 valence electrons. The molecule has 0 aliphatic rings. The highest BCUT2D eigenvalue weighted by atomic mass is 19.1. The average molecular weight is 289 g/mol. The molecular weight excluding hydrogens is 268 g/mol. The van der Waals surface area contributed by atoms with Gasteiger partial charge in [0.2, 0.25) is 0 Å². The van der Waals surface area contributed by atoms with E-state index >= 15 is 0 Å². The van der Waals surface area contributed by atoms with Gasteiger partial charge in [-0.1, -0.05) is 43.3 Å². The van der Waals surface area contributed by atoms with Crippen molar-refractivity contribution in [2.45, 2.75) is 25.2 Å². The summed E-state index contributed by atoms with van der Waals surface area (Å²) < 4.78 is 27.1. The van der Waals surface area contributed by atoms with Gasteiger partial charge in [0.15, 0.2) is 0 Å². The number of likely N-dealkylation sites (N-methyl/N-ethyl adjacent to an activating group) is 1. The van der Waals surface area contributed by atoms with Crippen LogP contribution in [0.3, 0.4) is 0 Å². The Balaban J connectivity index is 2.41. The van der Waals surface area contributed by atoms with Crippen molar-refractivity contribution in [3.8, 4) is 0 Å². The van der Waals surface area contributed by atoms with Crippen LogP contribution < -0.4 is 5.32 Å². The molecule has 1 nitrogen and oxygen atoms in total. The number of hydrogen-bond acceptors (Lipinski definition) is 1. The summed E-state index contributed by atoms with van der Waals surface area (Å²) in [5, 5.41) is 3.21. The zero-order valence-corrected chi connectivity index (χ0v) is 12.5. The molecule has 1 N–H and O–H groups in total. The molecule has 2 aromatic rings. The first-order chi connectivity index (χ1) is 10.1. The van der Waals surface area contributed by atoms with Gasteiger partial charge < -0.3 is 5.32 Å². The van der Waals surface area contributed by atoms with Crippen molar-refractivity contribution in [3.05, 3.63) is 71.3 Å². The van der Waals surface area contributed by atoms with Gasteiger partial charge in [-0.25, -0.2) is 8.78 Å². The minimum atomic E-state index is -0.535. The quantitative estimate of drug-likeness (QED) is 0.845. The van der Waals surface area contributed by atoms with Gasteiger partial charge in [-0.2, -0.15) is 0 Å². The molecule has 1 atom stereocenters. The van der Waals surface area contributed by atoms with Gasteiger partial charge >= 0.3 is 0 Å². The largest absolute Gasteiger partial charge is 0.319 e. The fraction of sp³-hybridized carbons (Fsp3) is 0.333. The Morgan fingerprint density at radius 3 is 2.33 bits per heavy atom. The molecule has 2 rings (SSSR count). The van der Waals surface area contributed by atoms with E-state index in [1.165, 1.54) is 11.6 Å². The molecule has 0 aliphatic carbocycles. The van der Waals surface area contributed by atoms with Crippen LogP contribution in [0.1, 0.15) is 24.5 Å². The van der Waals surface area contributed by atoms with Gasteiger partial charge in [0.05, 0.1) is 0 Å². The summed E-state index contributed by atoms with van der Waals surface area (Å²) in [6.45, 7) is 2.84. The molecule has 0 bridgehead atoms. The molecule has 0 spiro atoms. The fourth-order valence-corrected chi connectivity index (χ4v) is 2.88. The van der Waals surface area contributed by atoms with Crippen molar-refractivity contribution >= 4 is 0 Å². The maximum atomic E-state index is 14.0. The Labute approximate surface area is 125 Å². The molecule has 0 radical (unpaired) electrons. The molecule has 0 fully saturated rings. The lowest BCUT2D eigenvalue weighted by Crippen LogP contribution is -2.38. The molecule has 2 aromatic carbocycles. The van der Waals surface area contributed by atoms with Crippen LogP contribution in [0.5, 0.6) is 0 Å². The SMILES string of the molecule is CCC(CNC)(Cc1ccc(F)cc1F)c1ccccc1. The van der Waals surface area contributed by atoms with E-state index in [1.54, 1.807) is 6.07 Å². The van der Waals surface area contributed by atoms with E-state index in [9.17, 15) is 8.78 Å². The smallest absolute Gasteiger partial charge is 0.129 e. The summed E-state index contributed by atoms with van der Waals surface area (Å²) in [6.07, 6.45) is 1.41. The number of nitrogens with one attached hydrogen (secondary N) is 1. The predicted octanol–water partition coefficient (Wildman–Crippen LogP) is 4.07. The van der Waals surface area contributed by atoms with Crippen LogP contribution >= 0.6 is 0 Å². The van der Waals surface area contributed by atoms with Crippen LogP contribution in [0, 0.1) is 11.6 Å². The van der Waals surface area contributed by atoms with Crippen LogP contribution in [0.15, 0.2) is 48.5 Å². The van der Waals surface area contributed by atoms with E-state index in [1.807, 2.05) is 25.2 Å². The Bertz CT molecular complexity index is 583. The Morgan fingerprint density at radius 1 is 1.05 bits per heavy atom. The molecule has 21 heavy (non-hydrogen) atoms. The first kappa shape index (κ1) is 15.6. The molecule has 0 saturated carbocycles. The van der Waals surface area contributed by atoms with E-state index in [2.05, 4.69) is 24.4 Å². The molecule has 0 heterocycles. The highest BCUT2D eigenvalue weighted by Crippen LogP contribution is 2.32. The second kappa shape index (κ2) is 6.81. The number of halogens is 2. The van der Waals surface area contributed by atoms with Gasteiger partial charge in [0.25, 0.3) is 0 Å². The number of rotatable bonds is 6. The second-order valence-electron chi connectivity index (χ2n) is 5.44. The normalized spacial score (nSPS) is 13.9. The van der Waals surface area contributed by atoms with Gasteiger partial charge in [-0.3, -0.25) is 0 Å². The molecule has 3 heteroatoms. The van der Waals surface area contributed by atoms with E-state index in [4.69, 9.17) is 0 Å². The number of benzene rings is 2. The summed E-state index contributed by atoms with van der Waals surface area (Å²) in [4.78, 5) is 0. The zero-order valence-electron chi connectivity index (χ0n) is 12.5. The van der Waals surface area contributed by atoms with Crippen molar-refractivity contribution in [2.24, 2.45) is 0 Å². The van der Waals surface area contributed by atoms with Crippen LogP contribution in [0.25, 0.3) is 0 Å². The summed E-state index contributed by atoms with van der Waals surface area (Å²) in [7, 11) is 1.90. The molecule has 1 unspecified atom stereocenters. The first-order valence-corrected chi connectivity index (χ1v) is 7.25. The van der Waals surface area contributed by atoms with Crippen molar-refractivity contribution in [1.29, 1.82) is 0 Å². The number of hydrogen-bond donors (Lipinski definition) is 1. The fourth-order valence-electron chi connectivity index (χ4n) is 2.88. The van der Waals surface area contributed by atoms with Crippen LogP contribution in [0.2, 0.25) is 0 Å². The lowest BCUT2D eigenvalue weighted by Gasteiger charge is -2.34. The monoisotopic (exact) mass is 289 g/mol. The maximum absolute atomic E-state index is 14.0. The zero-order chi connectivity index (χ0) is 15.3. The summed E-state index contributed by atoms with van der Waals surface area (Å²) in [5.74, 6) is -1.01. The van der Waals surface area contributed by atoms with Crippen molar-refractivity contribution < 1.29 is 8.78 Å². The second-order valence-corrected chi connectivity index (χ2v) is 5.44. The highest BCUT2D eigenvalue weighted by Gasteiger charge is 2.30. The van der Waals surface area contributed by atoms with E-state index in [0.29, 0.717) is 12.0 Å². The third-order valence-electron chi connectivity index (χ3n) is 4.12. The Morgan fingerprint density at radius 2 is 1.76 bits per heavy atom. The van der Waals surface area contributed by atoms with Crippen molar-refractivity contribution in [1.82, 2.24) is 5.32 Å². The van der Waals surface area contributed by atoms with Crippen LogP contribution in [0.4, 0.5) is 8.78 Å². The Kier molecular flexibility index (Phi) is 5.07. The average Bonchev–Trinajstić information content (AvgIpc) is 2.50. The topological polar surface area (TPSA) is 12.0 Å². The van der Waals surface area contributed by atoms with Gasteiger partial charge in [-0.15, -0.1) is 0 Å². The molecule has 0 aliphatic heterocycles. The maximum Gasteiger partial charge on any atom is 0.129 e. The van der Waals surface area contributed by atoms with Gasteiger partial charge in [-0.05, 0) is 37.1 Å². The van der Waals surface area contributed by atoms with Crippen LogP contribution in [-0.4, -0.2) is 13.6 Å².